The third-order valence-corrected chi connectivity index (χ3v) is 8.02. The van der Waals surface area contributed by atoms with Crippen molar-refractivity contribution in [3.8, 4) is 0 Å². The zero-order valence-electron chi connectivity index (χ0n) is 17.1. The van der Waals surface area contributed by atoms with Crippen LogP contribution in [-0.2, 0) is 10.0 Å². The zero-order chi connectivity index (χ0) is 21.3. The molecule has 1 N–H and O–H groups in total. The number of rotatable bonds is 4. The SMILES string of the molecule is CN1CCC(c2nc([C@H]3CCCN(S(=O)(=O)c4ccc(F)cc4)C3)cc(=O)[nH]2)CC1. The molecule has 1 aromatic carbocycles. The number of H-pyrrole nitrogens is 1. The maximum Gasteiger partial charge on any atom is 0.251 e. The molecule has 0 spiro atoms. The number of benzene rings is 1. The van der Waals surface area contributed by atoms with Crippen LogP contribution in [0.2, 0.25) is 0 Å². The topological polar surface area (TPSA) is 86.4 Å². The average molecular weight is 435 g/mol. The Bertz CT molecular complexity index is 1050. The van der Waals surface area contributed by atoms with Crippen LogP contribution in [0.25, 0.3) is 0 Å². The molecular weight excluding hydrogens is 407 g/mol. The third kappa shape index (κ3) is 4.48. The minimum atomic E-state index is -3.72. The second-order valence-corrected chi connectivity index (χ2v) is 10.2. The summed E-state index contributed by atoms with van der Waals surface area (Å²) in [5.41, 5.74) is 0.471. The van der Waals surface area contributed by atoms with Crippen molar-refractivity contribution in [3.05, 3.63) is 58.0 Å². The minimum Gasteiger partial charge on any atom is -0.310 e. The van der Waals surface area contributed by atoms with Crippen molar-refractivity contribution in [3.63, 3.8) is 0 Å². The predicted molar refractivity (Wildman–Crippen MR) is 111 cm³/mol. The number of aromatic nitrogens is 2. The first-order chi connectivity index (χ1) is 14.3. The van der Waals surface area contributed by atoms with Gasteiger partial charge in [0.2, 0.25) is 10.0 Å². The lowest BCUT2D eigenvalue weighted by Gasteiger charge is -2.32. The summed E-state index contributed by atoms with van der Waals surface area (Å²) in [6.07, 6.45) is 3.35. The molecule has 7 nitrogen and oxygen atoms in total. The van der Waals surface area contributed by atoms with Gasteiger partial charge in [-0.3, -0.25) is 4.79 Å². The first kappa shape index (κ1) is 21.1. The van der Waals surface area contributed by atoms with Gasteiger partial charge in [-0.05, 0) is 70.1 Å². The molecule has 0 bridgehead atoms. The molecule has 162 valence electrons. The van der Waals surface area contributed by atoms with Crippen molar-refractivity contribution < 1.29 is 12.8 Å². The first-order valence-corrected chi connectivity index (χ1v) is 11.8. The molecular formula is C21H27FN4O3S. The molecule has 2 aliphatic heterocycles. The number of likely N-dealkylation sites (tertiary alicyclic amines) is 1. The van der Waals surface area contributed by atoms with Crippen molar-refractivity contribution in [2.75, 3.05) is 33.2 Å². The van der Waals surface area contributed by atoms with Gasteiger partial charge in [-0.25, -0.2) is 17.8 Å². The van der Waals surface area contributed by atoms with Crippen LogP contribution in [0, 0.1) is 5.82 Å². The molecule has 0 aliphatic carbocycles. The van der Waals surface area contributed by atoms with Gasteiger partial charge < -0.3 is 9.88 Å². The van der Waals surface area contributed by atoms with Gasteiger partial charge in [0.15, 0.2) is 0 Å². The molecule has 30 heavy (non-hydrogen) atoms. The van der Waals surface area contributed by atoms with E-state index in [2.05, 4.69) is 16.9 Å². The van der Waals surface area contributed by atoms with Crippen LogP contribution in [0.3, 0.4) is 0 Å². The quantitative estimate of drug-likeness (QED) is 0.798. The number of nitrogens with zero attached hydrogens (tertiary/aromatic N) is 3. The summed E-state index contributed by atoms with van der Waals surface area (Å²) >= 11 is 0. The molecule has 0 unspecified atom stereocenters. The summed E-state index contributed by atoms with van der Waals surface area (Å²) in [4.78, 5) is 22.3. The largest absolute Gasteiger partial charge is 0.310 e. The third-order valence-electron chi connectivity index (χ3n) is 6.14. The maximum atomic E-state index is 13.2. The normalized spacial score (nSPS) is 22.3. The molecule has 1 aromatic heterocycles. The van der Waals surface area contributed by atoms with Gasteiger partial charge in [0.05, 0.1) is 10.6 Å². The van der Waals surface area contributed by atoms with E-state index in [1.807, 2.05) is 0 Å². The number of hydrogen-bond donors (Lipinski definition) is 1. The van der Waals surface area contributed by atoms with Crippen LogP contribution in [0.15, 0.2) is 40.0 Å². The van der Waals surface area contributed by atoms with Crippen LogP contribution in [-0.4, -0.2) is 60.8 Å². The number of sulfonamides is 1. The zero-order valence-corrected chi connectivity index (χ0v) is 17.9. The number of hydrogen-bond acceptors (Lipinski definition) is 5. The van der Waals surface area contributed by atoms with Crippen LogP contribution in [0.1, 0.15) is 49.0 Å². The van der Waals surface area contributed by atoms with Gasteiger partial charge in [-0.2, -0.15) is 4.31 Å². The van der Waals surface area contributed by atoms with Gasteiger partial charge in [-0.1, -0.05) is 0 Å². The van der Waals surface area contributed by atoms with E-state index in [0.29, 0.717) is 24.5 Å². The fraction of sp³-hybridized carbons (Fsp3) is 0.524. The van der Waals surface area contributed by atoms with E-state index >= 15 is 0 Å². The summed E-state index contributed by atoms with van der Waals surface area (Å²) in [6, 6.07) is 6.38. The molecule has 0 radical (unpaired) electrons. The summed E-state index contributed by atoms with van der Waals surface area (Å²) in [7, 11) is -1.63. The Kier molecular flexibility index (Phi) is 6.04. The molecule has 0 saturated carbocycles. The highest BCUT2D eigenvalue weighted by Gasteiger charge is 2.32. The summed E-state index contributed by atoms with van der Waals surface area (Å²) < 4.78 is 40.6. The van der Waals surface area contributed by atoms with Crippen molar-refractivity contribution >= 4 is 10.0 Å². The standard InChI is InChI=1S/C21H27FN4O3S/c1-25-11-8-15(9-12-25)21-23-19(13-20(27)24-21)16-3-2-10-26(14-16)30(28,29)18-6-4-17(22)5-7-18/h4-7,13,15-16H,2-3,8-12,14H2,1H3,(H,23,24,27)/t16-/m0/s1. The van der Waals surface area contributed by atoms with E-state index in [-0.39, 0.29) is 28.8 Å². The molecule has 3 heterocycles. The maximum absolute atomic E-state index is 13.2. The second kappa shape index (κ2) is 8.56. The highest BCUT2D eigenvalue weighted by atomic mass is 32.2. The average Bonchev–Trinajstić information content (AvgIpc) is 2.74. The monoisotopic (exact) mass is 434 g/mol. The van der Waals surface area contributed by atoms with Crippen molar-refractivity contribution in [2.24, 2.45) is 0 Å². The molecule has 9 heteroatoms. The lowest BCUT2D eigenvalue weighted by molar-refractivity contribution is 0.250. The highest BCUT2D eigenvalue weighted by molar-refractivity contribution is 7.89. The number of piperidine rings is 2. The number of halogens is 1. The number of aromatic amines is 1. The van der Waals surface area contributed by atoms with Crippen LogP contribution >= 0.6 is 0 Å². The lowest BCUT2D eigenvalue weighted by atomic mass is 9.94. The van der Waals surface area contributed by atoms with Crippen molar-refractivity contribution in [2.45, 2.75) is 42.4 Å². The van der Waals surface area contributed by atoms with E-state index in [0.717, 1.165) is 44.5 Å². The van der Waals surface area contributed by atoms with Gasteiger partial charge in [-0.15, -0.1) is 0 Å². The highest BCUT2D eigenvalue weighted by Crippen LogP contribution is 2.30. The van der Waals surface area contributed by atoms with Gasteiger partial charge >= 0.3 is 0 Å². The van der Waals surface area contributed by atoms with E-state index in [9.17, 15) is 17.6 Å². The van der Waals surface area contributed by atoms with Crippen LogP contribution in [0.5, 0.6) is 0 Å². The second-order valence-electron chi connectivity index (χ2n) is 8.29. The Balaban J connectivity index is 1.56. The van der Waals surface area contributed by atoms with Crippen molar-refractivity contribution in [1.82, 2.24) is 19.2 Å². The molecule has 2 aliphatic rings. The Morgan fingerprint density at radius 3 is 2.47 bits per heavy atom. The molecule has 2 aromatic rings. The minimum absolute atomic E-state index is 0.0791. The van der Waals surface area contributed by atoms with E-state index in [1.54, 1.807) is 0 Å². The predicted octanol–water partition coefficient (Wildman–Crippen LogP) is 2.29. The van der Waals surface area contributed by atoms with Gasteiger partial charge in [0.1, 0.15) is 11.6 Å². The lowest BCUT2D eigenvalue weighted by Crippen LogP contribution is -2.39. The van der Waals surface area contributed by atoms with Crippen LogP contribution in [0.4, 0.5) is 4.39 Å². The van der Waals surface area contributed by atoms with E-state index in [4.69, 9.17) is 4.98 Å². The Labute approximate surface area is 176 Å². The van der Waals surface area contributed by atoms with Gasteiger partial charge in [0, 0.05) is 31.0 Å². The van der Waals surface area contributed by atoms with Crippen molar-refractivity contribution in [1.29, 1.82) is 0 Å². The summed E-state index contributed by atoms with van der Waals surface area (Å²) in [5, 5.41) is 0. The Morgan fingerprint density at radius 2 is 1.77 bits per heavy atom. The molecule has 1 atom stereocenters. The molecule has 2 saturated heterocycles. The fourth-order valence-electron chi connectivity index (χ4n) is 4.34. The molecule has 2 fully saturated rings. The van der Waals surface area contributed by atoms with E-state index < -0.39 is 15.8 Å². The van der Waals surface area contributed by atoms with Crippen LogP contribution < -0.4 is 5.56 Å². The molecule has 0 amide bonds. The first-order valence-electron chi connectivity index (χ1n) is 10.4. The summed E-state index contributed by atoms with van der Waals surface area (Å²) in [6.45, 7) is 2.60. The van der Waals surface area contributed by atoms with Gasteiger partial charge in [0.25, 0.3) is 5.56 Å². The van der Waals surface area contributed by atoms with E-state index in [1.165, 1.54) is 22.5 Å². The summed E-state index contributed by atoms with van der Waals surface area (Å²) in [5.74, 6) is 0.321. The smallest absolute Gasteiger partial charge is 0.251 e. The fourth-order valence-corrected chi connectivity index (χ4v) is 5.86. The molecule has 4 rings (SSSR count). The Morgan fingerprint density at radius 1 is 1.07 bits per heavy atom. The Hall–Kier alpha value is -2.10. The number of nitrogens with one attached hydrogen (secondary N) is 1.